The van der Waals surface area contributed by atoms with Gasteiger partial charge in [-0.25, -0.2) is 4.79 Å². The Kier molecular flexibility index (Phi) is 7.34. The summed E-state index contributed by atoms with van der Waals surface area (Å²) in [7, 11) is 0. The van der Waals surface area contributed by atoms with E-state index in [0.717, 1.165) is 11.6 Å². The SMILES string of the molecule is CCNC(=O)[C@@H](C)OC(=O)c1ccc(NCc2ccccc2Cl)c([N+](=O)[O-])c1. The number of hydrogen-bond donors (Lipinski definition) is 2. The van der Waals surface area contributed by atoms with E-state index < -0.39 is 22.9 Å². The van der Waals surface area contributed by atoms with Gasteiger partial charge in [-0.1, -0.05) is 29.8 Å². The number of halogens is 1. The van der Waals surface area contributed by atoms with E-state index in [0.29, 0.717) is 11.6 Å². The lowest BCUT2D eigenvalue weighted by Gasteiger charge is -2.13. The topological polar surface area (TPSA) is 111 Å². The van der Waals surface area contributed by atoms with Crippen LogP contribution < -0.4 is 10.6 Å². The fourth-order valence-electron chi connectivity index (χ4n) is 2.39. The second-order valence-corrected chi connectivity index (χ2v) is 6.28. The van der Waals surface area contributed by atoms with Crippen molar-refractivity contribution in [3.05, 3.63) is 68.7 Å². The van der Waals surface area contributed by atoms with Gasteiger partial charge >= 0.3 is 5.97 Å². The van der Waals surface area contributed by atoms with Gasteiger partial charge < -0.3 is 15.4 Å². The summed E-state index contributed by atoms with van der Waals surface area (Å²) < 4.78 is 5.06. The lowest BCUT2D eigenvalue weighted by molar-refractivity contribution is -0.384. The van der Waals surface area contributed by atoms with Crippen molar-refractivity contribution in [2.45, 2.75) is 26.5 Å². The van der Waals surface area contributed by atoms with Crippen LogP contribution in [0.2, 0.25) is 5.02 Å². The van der Waals surface area contributed by atoms with E-state index >= 15 is 0 Å². The summed E-state index contributed by atoms with van der Waals surface area (Å²) in [6, 6.07) is 11.1. The molecule has 28 heavy (non-hydrogen) atoms. The van der Waals surface area contributed by atoms with E-state index in [-0.39, 0.29) is 23.5 Å². The highest BCUT2D eigenvalue weighted by Gasteiger charge is 2.22. The molecule has 0 saturated carbocycles. The third-order valence-electron chi connectivity index (χ3n) is 3.86. The molecular weight excluding hydrogens is 386 g/mol. The molecule has 0 spiro atoms. The van der Waals surface area contributed by atoms with Crippen molar-refractivity contribution in [2.75, 3.05) is 11.9 Å². The van der Waals surface area contributed by atoms with Crippen LogP contribution in [0.25, 0.3) is 0 Å². The van der Waals surface area contributed by atoms with Gasteiger partial charge in [0.15, 0.2) is 6.10 Å². The Bertz CT molecular complexity index is 888. The number of nitrogens with zero attached hydrogens (tertiary/aromatic N) is 1. The predicted octanol–water partition coefficient (Wildman–Crippen LogP) is 3.54. The van der Waals surface area contributed by atoms with Crippen LogP contribution in [0, 0.1) is 10.1 Å². The highest BCUT2D eigenvalue weighted by Crippen LogP contribution is 2.27. The van der Waals surface area contributed by atoms with Gasteiger partial charge in [-0.15, -0.1) is 0 Å². The van der Waals surface area contributed by atoms with E-state index in [4.69, 9.17) is 16.3 Å². The van der Waals surface area contributed by atoms with Crippen molar-refractivity contribution in [1.82, 2.24) is 5.32 Å². The smallest absolute Gasteiger partial charge is 0.339 e. The number of esters is 1. The van der Waals surface area contributed by atoms with Crippen LogP contribution in [0.1, 0.15) is 29.8 Å². The first-order valence-electron chi connectivity index (χ1n) is 8.57. The maximum absolute atomic E-state index is 12.2. The molecular formula is C19H20ClN3O5. The standard InChI is InChI=1S/C19H20ClN3O5/c1-3-21-18(24)12(2)28-19(25)13-8-9-16(17(10-13)23(26)27)22-11-14-6-4-5-7-15(14)20/h4-10,12,22H,3,11H2,1-2H3,(H,21,24)/t12-/m1/s1. The van der Waals surface area contributed by atoms with Crippen molar-refractivity contribution in [3.63, 3.8) is 0 Å². The first kappa shape index (κ1) is 21.2. The minimum Gasteiger partial charge on any atom is -0.449 e. The molecule has 0 saturated heterocycles. The quantitative estimate of drug-likeness (QED) is 0.395. The number of carbonyl (C=O) groups is 2. The highest BCUT2D eigenvalue weighted by atomic mass is 35.5. The first-order chi connectivity index (χ1) is 13.3. The van der Waals surface area contributed by atoms with Crippen LogP contribution in [0.5, 0.6) is 0 Å². The normalized spacial score (nSPS) is 11.4. The monoisotopic (exact) mass is 405 g/mol. The van der Waals surface area contributed by atoms with Gasteiger partial charge in [0.05, 0.1) is 10.5 Å². The molecule has 0 aliphatic rings. The number of carbonyl (C=O) groups excluding carboxylic acids is 2. The molecule has 0 unspecified atom stereocenters. The zero-order valence-electron chi connectivity index (χ0n) is 15.4. The van der Waals surface area contributed by atoms with Gasteiger partial charge in [-0.3, -0.25) is 14.9 Å². The molecule has 9 heteroatoms. The van der Waals surface area contributed by atoms with Crippen molar-refractivity contribution < 1.29 is 19.2 Å². The summed E-state index contributed by atoms with van der Waals surface area (Å²) in [5.41, 5.74) is 0.703. The summed E-state index contributed by atoms with van der Waals surface area (Å²) in [6.45, 7) is 3.84. The number of anilines is 1. The predicted molar refractivity (Wildman–Crippen MR) is 105 cm³/mol. The van der Waals surface area contributed by atoms with Crippen LogP contribution >= 0.6 is 11.6 Å². The molecule has 2 aromatic carbocycles. The number of hydrogen-bond acceptors (Lipinski definition) is 6. The third-order valence-corrected chi connectivity index (χ3v) is 4.23. The average molecular weight is 406 g/mol. The number of nitrogens with one attached hydrogen (secondary N) is 2. The molecule has 2 aromatic rings. The molecule has 0 fully saturated rings. The fraction of sp³-hybridized carbons (Fsp3) is 0.263. The molecule has 0 aliphatic heterocycles. The summed E-state index contributed by atoms with van der Waals surface area (Å²) >= 11 is 6.09. The van der Waals surface area contributed by atoms with E-state index in [9.17, 15) is 19.7 Å². The summed E-state index contributed by atoms with van der Waals surface area (Å²) in [5.74, 6) is -1.26. The van der Waals surface area contributed by atoms with E-state index in [1.54, 1.807) is 25.1 Å². The Morgan fingerprint density at radius 3 is 2.61 bits per heavy atom. The van der Waals surface area contributed by atoms with Crippen LogP contribution in [0.15, 0.2) is 42.5 Å². The Morgan fingerprint density at radius 2 is 1.96 bits per heavy atom. The van der Waals surface area contributed by atoms with Crippen LogP contribution in [0.4, 0.5) is 11.4 Å². The van der Waals surface area contributed by atoms with Gasteiger partial charge in [-0.2, -0.15) is 0 Å². The van der Waals surface area contributed by atoms with Gasteiger partial charge in [-0.05, 0) is 37.6 Å². The number of nitro benzene ring substituents is 1. The van der Waals surface area contributed by atoms with Gasteiger partial charge in [0.1, 0.15) is 5.69 Å². The van der Waals surface area contributed by atoms with E-state index in [2.05, 4.69) is 10.6 Å². The Morgan fingerprint density at radius 1 is 1.25 bits per heavy atom. The zero-order valence-corrected chi connectivity index (χ0v) is 16.2. The van der Waals surface area contributed by atoms with Gasteiger partial charge in [0.25, 0.3) is 11.6 Å². The zero-order chi connectivity index (χ0) is 20.7. The lowest BCUT2D eigenvalue weighted by Crippen LogP contribution is -2.35. The minimum absolute atomic E-state index is 0.0221. The minimum atomic E-state index is -1.01. The molecule has 0 radical (unpaired) electrons. The molecule has 2 rings (SSSR count). The second-order valence-electron chi connectivity index (χ2n) is 5.88. The Hall–Kier alpha value is -3.13. The molecule has 0 aromatic heterocycles. The van der Waals surface area contributed by atoms with Crippen LogP contribution in [0.3, 0.4) is 0 Å². The molecule has 2 N–H and O–H groups in total. The highest BCUT2D eigenvalue weighted by molar-refractivity contribution is 6.31. The molecule has 0 heterocycles. The number of rotatable bonds is 8. The molecule has 0 bridgehead atoms. The summed E-state index contributed by atoms with van der Waals surface area (Å²) in [5, 5.41) is 17.4. The van der Waals surface area contributed by atoms with E-state index in [1.807, 2.05) is 6.07 Å². The number of ether oxygens (including phenoxy) is 1. The summed E-state index contributed by atoms with van der Waals surface area (Å²) in [4.78, 5) is 34.7. The Labute approximate surface area is 167 Å². The number of likely N-dealkylation sites (N-methyl/N-ethyl adjacent to an activating group) is 1. The maximum Gasteiger partial charge on any atom is 0.339 e. The lowest BCUT2D eigenvalue weighted by atomic mass is 10.1. The fourth-order valence-corrected chi connectivity index (χ4v) is 2.59. The Balaban J connectivity index is 2.15. The van der Waals surface area contributed by atoms with Crippen LogP contribution in [-0.4, -0.2) is 29.4 Å². The molecule has 1 atom stereocenters. The third kappa shape index (κ3) is 5.43. The number of nitro groups is 1. The van der Waals surface area contributed by atoms with Gasteiger partial charge in [0, 0.05) is 24.2 Å². The van der Waals surface area contributed by atoms with Gasteiger partial charge in [0.2, 0.25) is 0 Å². The number of benzene rings is 2. The largest absolute Gasteiger partial charge is 0.449 e. The average Bonchev–Trinajstić information content (AvgIpc) is 2.67. The van der Waals surface area contributed by atoms with Crippen molar-refractivity contribution in [1.29, 1.82) is 0 Å². The summed E-state index contributed by atoms with van der Waals surface area (Å²) in [6.07, 6.45) is -1.01. The second kappa shape index (κ2) is 9.70. The molecule has 148 valence electrons. The van der Waals surface area contributed by atoms with Crippen LogP contribution in [-0.2, 0) is 16.1 Å². The van der Waals surface area contributed by atoms with E-state index in [1.165, 1.54) is 19.1 Å². The van der Waals surface area contributed by atoms with Crippen molar-refractivity contribution in [2.24, 2.45) is 0 Å². The molecule has 0 aliphatic carbocycles. The first-order valence-corrected chi connectivity index (χ1v) is 8.95. The number of amides is 1. The molecule has 8 nitrogen and oxygen atoms in total. The maximum atomic E-state index is 12.2. The molecule has 1 amide bonds. The van der Waals surface area contributed by atoms with Crippen molar-refractivity contribution in [3.8, 4) is 0 Å². The van der Waals surface area contributed by atoms with Crippen molar-refractivity contribution >= 4 is 34.9 Å².